The number of carbonyl (C=O) groups excluding carboxylic acids is 1. The van der Waals surface area contributed by atoms with E-state index < -0.39 is 5.91 Å². The Morgan fingerprint density at radius 1 is 0.857 bits per heavy atom. The van der Waals surface area contributed by atoms with Crippen LogP contribution in [0.25, 0.3) is 16.5 Å². The zero-order valence-corrected chi connectivity index (χ0v) is 23.8. The highest BCUT2D eigenvalue weighted by Crippen LogP contribution is 2.39. The van der Waals surface area contributed by atoms with E-state index in [-0.39, 0.29) is 11.3 Å². The van der Waals surface area contributed by atoms with Crippen molar-refractivity contribution in [1.82, 2.24) is 20.2 Å². The lowest BCUT2D eigenvalue weighted by Gasteiger charge is -2.16. The molecule has 0 aliphatic heterocycles. The van der Waals surface area contributed by atoms with Crippen LogP contribution < -0.4 is 10.1 Å². The SMILES string of the molecule is Cc1ccccc1NC(=O)c1cc(Oc2ccc(CSc3nnnn3-c3ccccc3)cc2C)c2ccccc2c1O. The first-order valence-electron chi connectivity index (χ1n) is 13.3. The van der Waals surface area contributed by atoms with E-state index in [9.17, 15) is 9.90 Å². The quantitative estimate of drug-likeness (QED) is 0.182. The van der Waals surface area contributed by atoms with Crippen LogP contribution in [0.1, 0.15) is 27.0 Å². The fourth-order valence-corrected chi connectivity index (χ4v) is 5.50. The summed E-state index contributed by atoms with van der Waals surface area (Å²) >= 11 is 1.54. The maximum Gasteiger partial charge on any atom is 0.259 e. The first-order valence-corrected chi connectivity index (χ1v) is 14.3. The molecule has 5 aromatic carbocycles. The van der Waals surface area contributed by atoms with Gasteiger partial charge in [0.15, 0.2) is 0 Å². The molecule has 0 unspecified atom stereocenters. The van der Waals surface area contributed by atoms with Gasteiger partial charge in [0.25, 0.3) is 5.91 Å². The maximum atomic E-state index is 13.3. The number of phenolic OH excluding ortho intramolecular Hbond substituents is 1. The Morgan fingerprint density at radius 2 is 1.60 bits per heavy atom. The molecule has 0 aliphatic rings. The third kappa shape index (κ3) is 5.55. The van der Waals surface area contributed by atoms with Gasteiger partial charge in [-0.05, 0) is 71.3 Å². The lowest BCUT2D eigenvalue weighted by atomic mass is 10.0. The van der Waals surface area contributed by atoms with Crippen molar-refractivity contribution in [1.29, 1.82) is 0 Å². The summed E-state index contributed by atoms with van der Waals surface area (Å²) in [4.78, 5) is 13.3. The van der Waals surface area contributed by atoms with Crippen molar-refractivity contribution >= 4 is 34.1 Å². The Kier molecular flexibility index (Phi) is 7.57. The number of aromatic nitrogens is 4. The number of tetrazole rings is 1. The number of hydrogen-bond acceptors (Lipinski definition) is 7. The summed E-state index contributed by atoms with van der Waals surface area (Å²) in [5.41, 5.74) is 4.65. The van der Waals surface area contributed by atoms with Crippen LogP contribution in [0.5, 0.6) is 17.2 Å². The van der Waals surface area contributed by atoms with Crippen molar-refractivity contribution in [3.63, 3.8) is 0 Å². The van der Waals surface area contributed by atoms with Crippen molar-refractivity contribution in [3.05, 3.63) is 125 Å². The van der Waals surface area contributed by atoms with Gasteiger partial charge in [-0.15, -0.1) is 5.10 Å². The van der Waals surface area contributed by atoms with Gasteiger partial charge in [0.1, 0.15) is 17.2 Å². The number of anilines is 1. The second kappa shape index (κ2) is 11.8. The lowest BCUT2D eigenvalue weighted by Crippen LogP contribution is -2.13. The van der Waals surface area contributed by atoms with Crippen molar-refractivity contribution < 1.29 is 14.6 Å². The summed E-state index contributed by atoms with van der Waals surface area (Å²) in [6, 6.07) is 32.2. The molecule has 9 heteroatoms. The van der Waals surface area contributed by atoms with Crippen LogP contribution in [-0.2, 0) is 5.75 Å². The number of benzene rings is 5. The minimum atomic E-state index is -0.417. The zero-order chi connectivity index (χ0) is 29.1. The van der Waals surface area contributed by atoms with Crippen LogP contribution >= 0.6 is 11.8 Å². The molecule has 0 radical (unpaired) electrons. The van der Waals surface area contributed by atoms with Crippen LogP contribution in [0.15, 0.2) is 108 Å². The van der Waals surface area contributed by atoms with E-state index >= 15 is 0 Å². The second-order valence-corrected chi connectivity index (χ2v) is 10.7. The third-order valence-electron chi connectivity index (χ3n) is 6.88. The molecule has 8 nitrogen and oxygen atoms in total. The number of carbonyl (C=O) groups is 1. The normalized spacial score (nSPS) is 11.0. The fraction of sp³-hybridized carbons (Fsp3) is 0.0909. The maximum absolute atomic E-state index is 13.3. The van der Waals surface area contributed by atoms with Crippen molar-refractivity contribution in [3.8, 4) is 22.9 Å². The van der Waals surface area contributed by atoms with Crippen molar-refractivity contribution in [2.45, 2.75) is 24.8 Å². The summed E-state index contributed by atoms with van der Waals surface area (Å²) in [5.74, 6) is 1.29. The van der Waals surface area contributed by atoms with Gasteiger partial charge in [-0.2, -0.15) is 4.68 Å². The van der Waals surface area contributed by atoms with Gasteiger partial charge in [0.05, 0.1) is 11.3 Å². The number of hydrogen-bond donors (Lipinski definition) is 2. The molecule has 42 heavy (non-hydrogen) atoms. The number of nitrogens with zero attached hydrogens (tertiary/aromatic N) is 4. The largest absolute Gasteiger partial charge is 0.506 e. The second-order valence-electron chi connectivity index (χ2n) is 9.78. The number of fused-ring (bicyclic) bond motifs is 1. The monoisotopic (exact) mass is 573 g/mol. The van der Waals surface area contributed by atoms with E-state index in [4.69, 9.17) is 4.74 Å². The van der Waals surface area contributed by atoms with Gasteiger partial charge in [0, 0.05) is 22.2 Å². The number of amides is 1. The van der Waals surface area contributed by atoms with E-state index in [2.05, 4.69) is 26.9 Å². The van der Waals surface area contributed by atoms with E-state index in [0.29, 0.717) is 38.9 Å². The topological polar surface area (TPSA) is 102 Å². The van der Waals surface area contributed by atoms with Crippen molar-refractivity contribution in [2.24, 2.45) is 0 Å². The predicted molar refractivity (Wildman–Crippen MR) is 165 cm³/mol. The highest BCUT2D eigenvalue weighted by molar-refractivity contribution is 7.98. The summed E-state index contributed by atoms with van der Waals surface area (Å²) in [7, 11) is 0. The standard InChI is InChI=1S/C33H27N5O3S/c1-21-10-6-9-15-28(21)34-32(40)27-19-30(25-13-7-8-14-26(25)31(27)39)41-29-17-16-23(18-22(29)2)20-42-33-35-36-37-38(33)24-11-4-3-5-12-24/h3-19,39H,20H2,1-2H3,(H,34,40). The zero-order valence-electron chi connectivity index (χ0n) is 23.0. The van der Waals surface area contributed by atoms with E-state index in [0.717, 1.165) is 22.4 Å². The number of thioether (sulfide) groups is 1. The predicted octanol–water partition coefficient (Wildman–Crippen LogP) is 7.47. The number of para-hydroxylation sites is 2. The van der Waals surface area contributed by atoms with Crippen LogP contribution in [0.3, 0.4) is 0 Å². The molecule has 0 atom stereocenters. The average Bonchev–Trinajstić information content (AvgIpc) is 3.49. The summed E-state index contributed by atoms with van der Waals surface area (Å²) < 4.78 is 8.11. The van der Waals surface area contributed by atoms with Crippen LogP contribution in [0.2, 0.25) is 0 Å². The molecule has 0 saturated carbocycles. The molecule has 0 saturated heterocycles. The average molecular weight is 574 g/mol. The molecule has 1 amide bonds. The van der Waals surface area contributed by atoms with Gasteiger partial charge in [-0.1, -0.05) is 84.6 Å². The molecule has 1 heterocycles. The number of aromatic hydroxyl groups is 1. The smallest absolute Gasteiger partial charge is 0.259 e. The number of ether oxygens (including phenoxy) is 1. The summed E-state index contributed by atoms with van der Waals surface area (Å²) in [6.07, 6.45) is 0. The summed E-state index contributed by atoms with van der Waals surface area (Å²) in [6.45, 7) is 3.90. The number of phenols is 1. The number of rotatable bonds is 8. The molecule has 0 spiro atoms. The van der Waals surface area contributed by atoms with Gasteiger partial charge < -0.3 is 15.2 Å². The molecule has 0 aliphatic carbocycles. The van der Waals surface area contributed by atoms with Gasteiger partial charge in [-0.3, -0.25) is 4.79 Å². The van der Waals surface area contributed by atoms with Crippen LogP contribution in [0.4, 0.5) is 5.69 Å². The van der Waals surface area contributed by atoms with Crippen molar-refractivity contribution in [2.75, 3.05) is 5.32 Å². The number of aryl methyl sites for hydroxylation is 2. The summed E-state index contributed by atoms with van der Waals surface area (Å²) in [5, 5.41) is 28.0. The molecule has 6 aromatic rings. The Balaban J connectivity index is 1.25. The Morgan fingerprint density at radius 3 is 2.38 bits per heavy atom. The molecule has 6 rings (SSSR count). The highest BCUT2D eigenvalue weighted by atomic mass is 32.2. The first kappa shape index (κ1) is 27.0. The molecule has 2 N–H and O–H groups in total. The fourth-order valence-electron chi connectivity index (χ4n) is 4.67. The van der Waals surface area contributed by atoms with Gasteiger partial charge >= 0.3 is 0 Å². The Hall–Kier alpha value is -5.15. The van der Waals surface area contributed by atoms with Gasteiger partial charge in [0.2, 0.25) is 5.16 Å². The van der Waals surface area contributed by atoms with Gasteiger partial charge in [-0.25, -0.2) is 0 Å². The van der Waals surface area contributed by atoms with Crippen LogP contribution in [0, 0.1) is 13.8 Å². The Labute approximate surface area is 247 Å². The molecule has 0 bridgehead atoms. The number of nitrogens with one attached hydrogen (secondary N) is 1. The highest BCUT2D eigenvalue weighted by Gasteiger charge is 2.19. The van der Waals surface area contributed by atoms with E-state index in [1.807, 2.05) is 98.8 Å². The first-order chi connectivity index (χ1) is 20.5. The molecule has 1 aromatic heterocycles. The Bertz CT molecular complexity index is 1910. The minimum absolute atomic E-state index is 0.0917. The molecular formula is C33H27N5O3S. The molecular weight excluding hydrogens is 546 g/mol. The van der Waals surface area contributed by atoms with Crippen LogP contribution in [-0.4, -0.2) is 31.2 Å². The van der Waals surface area contributed by atoms with E-state index in [1.54, 1.807) is 28.6 Å². The molecule has 208 valence electrons. The van der Waals surface area contributed by atoms with E-state index in [1.165, 1.54) is 0 Å². The third-order valence-corrected chi connectivity index (χ3v) is 7.88. The lowest BCUT2D eigenvalue weighted by molar-refractivity contribution is 0.102. The minimum Gasteiger partial charge on any atom is -0.506 e. The molecule has 0 fully saturated rings.